The van der Waals surface area contributed by atoms with Crippen molar-refractivity contribution in [1.82, 2.24) is 10.2 Å². The van der Waals surface area contributed by atoms with Crippen molar-refractivity contribution in [2.24, 2.45) is 11.3 Å². The summed E-state index contributed by atoms with van der Waals surface area (Å²) >= 11 is 6.10. The first-order valence-corrected chi connectivity index (χ1v) is 14.3. The van der Waals surface area contributed by atoms with Crippen LogP contribution in [-0.4, -0.2) is 46.4 Å². The van der Waals surface area contributed by atoms with Crippen LogP contribution in [0.5, 0.6) is 0 Å². The Labute approximate surface area is 232 Å². The number of nitrogens with one attached hydrogen (secondary N) is 2. The number of hydrogen-bond donors (Lipinski definition) is 2. The number of hydrogen-bond acceptors (Lipinski definition) is 4. The van der Waals surface area contributed by atoms with E-state index in [0.717, 1.165) is 47.9 Å². The zero-order valence-electron chi connectivity index (χ0n) is 22.1. The minimum Gasteiger partial charge on any atom is -0.358 e. The minimum absolute atomic E-state index is 0.0947. The molecule has 5 unspecified atom stereocenters. The van der Waals surface area contributed by atoms with Crippen molar-refractivity contribution in [1.29, 1.82) is 0 Å². The van der Waals surface area contributed by atoms with Crippen LogP contribution in [0.25, 0.3) is 0 Å². The van der Waals surface area contributed by atoms with Gasteiger partial charge in [-0.15, -0.1) is 0 Å². The summed E-state index contributed by atoms with van der Waals surface area (Å²) in [7, 11) is 0. The number of carbonyl (C=O) groups excluding carboxylic acids is 3. The maximum absolute atomic E-state index is 14.2. The molecular weight excluding hydrogens is 514 g/mol. The standard InChI is InChI=1S/C31H32ClN3O4/c1-17-12-18(2)14-22(13-17)34-29(38)30-23-15-24(30)39-31(23)25(30)28(37)35(16-19-8-10-20(32)11-9-19)26(31)27(36)33-21-6-4-3-5-7-21/h8-15,21,24-26H,3-7,16H2,1-2H3,(H,33,36)(H,34,38). The third kappa shape index (κ3) is 3.35. The maximum atomic E-state index is 14.2. The van der Waals surface area contributed by atoms with Gasteiger partial charge in [0.15, 0.2) is 0 Å². The van der Waals surface area contributed by atoms with E-state index in [2.05, 4.69) is 10.6 Å². The van der Waals surface area contributed by atoms with Crippen LogP contribution in [0.1, 0.15) is 48.8 Å². The Balaban J connectivity index is 1.23. The number of ether oxygens (including phenoxy) is 1. The van der Waals surface area contributed by atoms with Crippen molar-refractivity contribution in [3.05, 3.63) is 75.8 Å². The predicted molar refractivity (Wildman–Crippen MR) is 147 cm³/mol. The predicted octanol–water partition coefficient (Wildman–Crippen LogP) is 4.45. The van der Waals surface area contributed by atoms with E-state index < -0.39 is 29.1 Å². The average Bonchev–Trinajstić information content (AvgIpc) is 3.54. The minimum atomic E-state index is -1.09. The summed E-state index contributed by atoms with van der Waals surface area (Å²) in [5, 5.41) is 6.91. The van der Waals surface area contributed by atoms with Gasteiger partial charge in [0.2, 0.25) is 17.7 Å². The second-order valence-corrected chi connectivity index (χ2v) is 12.3. The van der Waals surface area contributed by atoms with Crippen molar-refractivity contribution in [3.8, 4) is 0 Å². The number of nitrogens with zero attached hydrogens (tertiary/aromatic N) is 1. The normalized spacial score (nSPS) is 32.2. The fraction of sp³-hybridized carbons (Fsp3) is 0.452. The summed E-state index contributed by atoms with van der Waals surface area (Å²) < 4.78 is 6.51. The monoisotopic (exact) mass is 545 g/mol. The van der Waals surface area contributed by atoms with Gasteiger partial charge < -0.3 is 20.3 Å². The van der Waals surface area contributed by atoms with Crippen molar-refractivity contribution in [3.63, 3.8) is 0 Å². The lowest BCUT2D eigenvalue weighted by molar-refractivity contribution is -0.144. The lowest BCUT2D eigenvalue weighted by atomic mass is 9.42. The van der Waals surface area contributed by atoms with Gasteiger partial charge >= 0.3 is 0 Å². The fourth-order valence-corrected chi connectivity index (χ4v) is 8.02. The quantitative estimate of drug-likeness (QED) is 0.525. The van der Waals surface area contributed by atoms with E-state index in [1.165, 1.54) is 6.42 Å². The van der Waals surface area contributed by atoms with Crippen molar-refractivity contribution in [2.75, 3.05) is 5.32 Å². The molecule has 0 radical (unpaired) electrons. The molecule has 2 aromatic rings. The zero-order valence-corrected chi connectivity index (χ0v) is 22.9. The smallest absolute Gasteiger partial charge is 0.246 e. The third-order valence-corrected chi connectivity index (χ3v) is 9.66. The topological polar surface area (TPSA) is 87.7 Å². The lowest BCUT2D eigenvalue weighted by Gasteiger charge is -2.54. The Morgan fingerprint density at radius 1 is 1.05 bits per heavy atom. The summed E-state index contributed by atoms with van der Waals surface area (Å²) in [5.41, 5.74) is 2.28. The third-order valence-electron chi connectivity index (χ3n) is 9.41. The molecule has 7 aliphatic rings. The van der Waals surface area contributed by atoms with Crippen molar-refractivity contribution in [2.45, 2.75) is 76.3 Å². The van der Waals surface area contributed by atoms with Gasteiger partial charge in [-0.1, -0.05) is 55.1 Å². The average molecular weight is 546 g/mol. The van der Waals surface area contributed by atoms with Gasteiger partial charge in [-0.25, -0.2) is 0 Å². The van der Waals surface area contributed by atoms with E-state index in [1.54, 1.807) is 17.0 Å². The number of rotatable bonds is 6. The largest absolute Gasteiger partial charge is 0.358 e. The Bertz CT molecular complexity index is 1410. The first kappa shape index (κ1) is 24.9. The summed E-state index contributed by atoms with van der Waals surface area (Å²) in [6, 6.07) is 12.5. The van der Waals surface area contributed by atoms with Crippen LogP contribution in [0.4, 0.5) is 5.69 Å². The van der Waals surface area contributed by atoms with Crippen LogP contribution >= 0.6 is 11.6 Å². The SMILES string of the molecule is Cc1cc(C)cc(NC(=O)C23C4=CC2OC42C(C(=O)NC4CCCCC4)N(Cc4ccc(Cl)cc4)C(=O)C23)c1. The zero-order chi connectivity index (χ0) is 27.1. The summed E-state index contributed by atoms with van der Waals surface area (Å²) in [6.45, 7) is 4.21. The van der Waals surface area contributed by atoms with E-state index in [4.69, 9.17) is 16.3 Å². The summed E-state index contributed by atoms with van der Waals surface area (Å²) in [5.74, 6) is -1.36. The molecule has 1 spiro atoms. The molecule has 3 amide bonds. The highest BCUT2D eigenvalue weighted by atomic mass is 35.5. The summed E-state index contributed by atoms with van der Waals surface area (Å²) in [4.78, 5) is 43.7. The number of likely N-dealkylation sites (tertiary alicyclic amines) is 1. The van der Waals surface area contributed by atoms with Gasteiger partial charge in [0.25, 0.3) is 0 Å². The Morgan fingerprint density at radius 2 is 1.74 bits per heavy atom. The first-order valence-electron chi connectivity index (χ1n) is 13.9. The molecule has 4 heterocycles. The van der Waals surface area contributed by atoms with Gasteiger partial charge in [0.1, 0.15) is 17.1 Å². The molecule has 9 rings (SSSR count). The molecule has 4 bridgehead atoms. The van der Waals surface area contributed by atoms with E-state index in [1.807, 2.05) is 50.3 Å². The van der Waals surface area contributed by atoms with Crippen LogP contribution < -0.4 is 10.6 Å². The van der Waals surface area contributed by atoms with Gasteiger partial charge in [0, 0.05) is 23.3 Å². The van der Waals surface area contributed by atoms with Crippen molar-refractivity contribution >= 4 is 35.0 Å². The molecule has 2 aromatic carbocycles. The number of carbonyl (C=O) groups is 3. The Kier molecular flexibility index (Phi) is 5.52. The van der Waals surface area contributed by atoms with Crippen LogP contribution in [0.2, 0.25) is 5.02 Å². The second-order valence-electron chi connectivity index (χ2n) is 11.9. The molecule has 4 aliphatic heterocycles. The van der Waals surface area contributed by atoms with Crippen molar-refractivity contribution < 1.29 is 19.1 Å². The summed E-state index contributed by atoms with van der Waals surface area (Å²) in [6.07, 6.45) is 6.67. The molecule has 8 heteroatoms. The number of benzene rings is 2. The lowest BCUT2D eigenvalue weighted by Crippen LogP contribution is -2.70. The highest BCUT2D eigenvalue weighted by Gasteiger charge is 2.93. The van der Waals surface area contributed by atoms with Crippen LogP contribution in [0.15, 0.2) is 54.1 Å². The van der Waals surface area contributed by atoms with E-state index in [-0.39, 0.29) is 30.3 Å². The molecule has 7 nitrogen and oxygen atoms in total. The molecule has 3 aliphatic carbocycles. The second kappa shape index (κ2) is 8.67. The Morgan fingerprint density at radius 3 is 2.44 bits per heavy atom. The van der Waals surface area contributed by atoms with Gasteiger partial charge in [-0.3, -0.25) is 14.4 Å². The van der Waals surface area contributed by atoms with Gasteiger partial charge in [-0.2, -0.15) is 0 Å². The fourth-order valence-electron chi connectivity index (χ4n) is 7.89. The molecule has 5 atom stereocenters. The van der Waals surface area contributed by atoms with Crippen LogP contribution in [-0.2, 0) is 25.7 Å². The highest BCUT2D eigenvalue weighted by Crippen LogP contribution is 2.79. The van der Waals surface area contributed by atoms with E-state index >= 15 is 0 Å². The number of halogens is 1. The van der Waals surface area contributed by atoms with E-state index in [9.17, 15) is 14.4 Å². The molecule has 2 saturated carbocycles. The highest BCUT2D eigenvalue weighted by molar-refractivity contribution is 6.30. The van der Waals surface area contributed by atoms with E-state index in [0.29, 0.717) is 10.7 Å². The molecule has 39 heavy (non-hydrogen) atoms. The van der Waals surface area contributed by atoms with Gasteiger partial charge in [0.05, 0.1) is 12.0 Å². The Hall–Kier alpha value is -3.16. The molecule has 2 N–H and O–H groups in total. The number of amides is 3. The molecular formula is C31H32ClN3O4. The van der Waals surface area contributed by atoms with Crippen LogP contribution in [0.3, 0.4) is 0 Å². The number of anilines is 1. The maximum Gasteiger partial charge on any atom is 0.246 e. The molecule has 5 fully saturated rings. The van der Waals surface area contributed by atoms with Crippen LogP contribution in [0, 0.1) is 25.2 Å². The molecule has 3 saturated heterocycles. The van der Waals surface area contributed by atoms with Gasteiger partial charge in [-0.05, 0) is 73.2 Å². The molecule has 202 valence electrons. The number of aryl methyl sites for hydroxylation is 2. The molecule has 0 aromatic heterocycles. The first-order chi connectivity index (χ1) is 18.7.